The molecule has 3 rings (SSSR count). The summed E-state index contributed by atoms with van der Waals surface area (Å²) in [5.41, 5.74) is 11.7. The van der Waals surface area contributed by atoms with E-state index in [-0.39, 0.29) is 0 Å². The highest BCUT2D eigenvalue weighted by Gasteiger charge is 2.08. The zero-order valence-corrected chi connectivity index (χ0v) is 11.0. The molecule has 2 aromatic heterocycles. The molecule has 4 nitrogen and oxygen atoms in total. The number of para-hydroxylation sites is 1. The van der Waals surface area contributed by atoms with Crippen molar-refractivity contribution in [3.63, 3.8) is 0 Å². The van der Waals surface area contributed by atoms with Gasteiger partial charge in [0.05, 0.1) is 6.20 Å². The number of aromatic amines is 2. The maximum atomic E-state index is 5.61. The second-order valence-corrected chi connectivity index (χ2v) is 4.92. The molecule has 0 aliphatic rings. The minimum Gasteiger partial charge on any atom is -0.358 e. The molecule has 0 saturated heterocycles. The lowest BCUT2D eigenvalue weighted by Crippen LogP contribution is -2.05. The van der Waals surface area contributed by atoms with Crippen LogP contribution in [-0.2, 0) is 12.8 Å². The van der Waals surface area contributed by atoms with E-state index in [1.807, 2.05) is 6.20 Å². The molecular weight excluding hydrogens is 236 g/mol. The summed E-state index contributed by atoms with van der Waals surface area (Å²) in [6.07, 6.45) is 3.60. The first kappa shape index (κ1) is 12.0. The third-order valence-corrected chi connectivity index (χ3v) is 3.50. The number of benzene rings is 1. The number of hydrogen-bond donors (Lipinski definition) is 3. The van der Waals surface area contributed by atoms with Crippen molar-refractivity contribution in [1.82, 2.24) is 15.2 Å². The van der Waals surface area contributed by atoms with E-state index in [1.165, 1.54) is 27.7 Å². The molecule has 0 fully saturated rings. The SMILES string of the molecule is Cc1cccc2cc(Cc3cn[nH]c3CCN)[nH]c12. The van der Waals surface area contributed by atoms with Gasteiger partial charge >= 0.3 is 0 Å². The van der Waals surface area contributed by atoms with Crippen LogP contribution in [-0.4, -0.2) is 21.7 Å². The van der Waals surface area contributed by atoms with Gasteiger partial charge < -0.3 is 10.7 Å². The first-order valence-electron chi connectivity index (χ1n) is 6.56. The number of fused-ring (bicyclic) bond motifs is 1. The molecule has 3 aromatic rings. The minimum absolute atomic E-state index is 0.640. The van der Waals surface area contributed by atoms with E-state index >= 15 is 0 Å². The van der Waals surface area contributed by atoms with Crippen molar-refractivity contribution in [2.75, 3.05) is 6.54 Å². The average Bonchev–Trinajstić information content (AvgIpc) is 2.98. The van der Waals surface area contributed by atoms with Gasteiger partial charge in [-0.1, -0.05) is 18.2 Å². The lowest BCUT2D eigenvalue weighted by molar-refractivity contribution is 0.888. The Morgan fingerprint density at radius 2 is 2.21 bits per heavy atom. The molecule has 2 heterocycles. The number of nitrogens with two attached hydrogens (primary N) is 1. The van der Waals surface area contributed by atoms with Gasteiger partial charge in [0.15, 0.2) is 0 Å². The number of H-pyrrole nitrogens is 2. The van der Waals surface area contributed by atoms with Crippen LogP contribution in [0.15, 0.2) is 30.5 Å². The molecule has 0 aliphatic carbocycles. The average molecular weight is 254 g/mol. The Kier molecular flexibility index (Phi) is 3.09. The number of rotatable bonds is 4. The van der Waals surface area contributed by atoms with Crippen molar-refractivity contribution < 1.29 is 0 Å². The van der Waals surface area contributed by atoms with E-state index in [9.17, 15) is 0 Å². The lowest BCUT2D eigenvalue weighted by Gasteiger charge is -2.00. The maximum Gasteiger partial charge on any atom is 0.0526 e. The second-order valence-electron chi connectivity index (χ2n) is 4.92. The first-order chi connectivity index (χ1) is 9.28. The predicted octanol–water partition coefficient (Wildman–Crippen LogP) is 2.29. The molecule has 0 aliphatic heterocycles. The summed E-state index contributed by atoms with van der Waals surface area (Å²) in [4.78, 5) is 3.50. The zero-order chi connectivity index (χ0) is 13.2. The number of nitrogens with zero attached hydrogens (tertiary/aromatic N) is 1. The number of aryl methyl sites for hydroxylation is 1. The van der Waals surface area contributed by atoms with E-state index < -0.39 is 0 Å². The minimum atomic E-state index is 0.640. The van der Waals surface area contributed by atoms with E-state index in [0.717, 1.165) is 18.5 Å². The molecule has 0 saturated carbocycles. The quantitative estimate of drug-likeness (QED) is 0.668. The highest BCUT2D eigenvalue weighted by molar-refractivity contribution is 5.83. The van der Waals surface area contributed by atoms with Crippen molar-refractivity contribution >= 4 is 10.9 Å². The Hall–Kier alpha value is -2.07. The summed E-state index contributed by atoms with van der Waals surface area (Å²) >= 11 is 0. The highest BCUT2D eigenvalue weighted by atomic mass is 15.1. The van der Waals surface area contributed by atoms with Crippen molar-refractivity contribution in [3.8, 4) is 0 Å². The summed E-state index contributed by atoms with van der Waals surface area (Å²) in [7, 11) is 0. The molecule has 0 atom stereocenters. The molecule has 19 heavy (non-hydrogen) atoms. The Bertz CT molecular complexity index is 693. The third kappa shape index (κ3) is 2.27. The summed E-state index contributed by atoms with van der Waals surface area (Å²) < 4.78 is 0. The van der Waals surface area contributed by atoms with Gasteiger partial charge in [-0.2, -0.15) is 5.10 Å². The second kappa shape index (κ2) is 4.90. The fourth-order valence-electron chi connectivity index (χ4n) is 2.52. The molecule has 0 bridgehead atoms. The van der Waals surface area contributed by atoms with E-state index in [2.05, 4.69) is 46.4 Å². The summed E-state index contributed by atoms with van der Waals surface area (Å²) in [6, 6.07) is 8.56. The molecule has 0 amide bonds. The summed E-state index contributed by atoms with van der Waals surface area (Å²) in [5.74, 6) is 0. The van der Waals surface area contributed by atoms with E-state index in [0.29, 0.717) is 6.54 Å². The molecule has 0 radical (unpaired) electrons. The summed E-state index contributed by atoms with van der Waals surface area (Å²) in [6.45, 7) is 2.77. The van der Waals surface area contributed by atoms with Gasteiger partial charge in [0.1, 0.15) is 0 Å². The van der Waals surface area contributed by atoms with E-state index in [1.54, 1.807) is 0 Å². The molecule has 4 heteroatoms. The van der Waals surface area contributed by atoms with Crippen LogP contribution in [0.3, 0.4) is 0 Å². The lowest BCUT2D eigenvalue weighted by atomic mass is 10.1. The fraction of sp³-hybridized carbons (Fsp3) is 0.267. The molecule has 4 N–H and O–H groups in total. The van der Waals surface area contributed by atoms with Crippen LogP contribution < -0.4 is 5.73 Å². The Labute approximate surface area is 112 Å². The summed E-state index contributed by atoms with van der Waals surface area (Å²) in [5, 5.41) is 8.40. The molecule has 0 unspecified atom stereocenters. The van der Waals surface area contributed by atoms with Crippen LogP contribution in [0.2, 0.25) is 0 Å². The topological polar surface area (TPSA) is 70.5 Å². The monoisotopic (exact) mass is 254 g/mol. The van der Waals surface area contributed by atoms with Crippen LogP contribution >= 0.6 is 0 Å². The van der Waals surface area contributed by atoms with Gasteiger partial charge in [0.2, 0.25) is 0 Å². The van der Waals surface area contributed by atoms with Crippen LogP contribution in [0, 0.1) is 6.92 Å². The van der Waals surface area contributed by atoms with Crippen LogP contribution in [0.25, 0.3) is 10.9 Å². The maximum absolute atomic E-state index is 5.61. The van der Waals surface area contributed by atoms with Crippen LogP contribution in [0.4, 0.5) is 0 Å². The van der Waals surface area contributed by atoms with Crippen molar-refractivity contribution in [2.45, 2.75) is 19.8 Å². The van der Waals surface area contributed by atoms with Gasteiger partial charge in [-0.3, -0.25) is 5.10 Å². The number of aromatic nitrogens is 3. The van der Waals surface area contributed by atoms with Gasteiger partial charge in [-0.15, -0.1) is 0 Å². The van der Waals surface area contributed by atoms with Crippen molar-refractivity contribution in [3.05, 3.63) is 53.0 Å². The van der Waals surface area contributed by atoms with Crippen molar-refractivity contribution in [2.24, 2.45) is 5.73 Å². The van der Waals surface area contributed by atoms with Gasteiger partial charge in [0.25, 0.3) is 0 Å². The largest absolute Gasteiger partial charge is 0.358 e. The van der Waals surface area contributed by atoms with Gasteiger partial charge in [0, 0.05) is 29.7 Å². The number of nitrogens with one attached hydrogen (secondary N) is 2. The standard InChI is InChI=1S/C15H18N4/c1-10-3-2-4-11-7-13(18-15(10)11)8-12-9-17-19-14(12)5-6-16/h2-4,7,9,18H,5-6,8,16H2,1H3,(H,17,19). The molecule has 0 spiro atoms. The van der Waals surface area contributed by atoms with Crippen LogP contribution in [0.5, 0.6) is 0 Å². The van der Waals surface area contributed by atoms with Gasteiger partial charge in [-0.25, -0.2) is 0 Å². The smallest absolute Gasteiger partial charge is 0.0526 e. The third-order valence-electron chi connectivity index (χ3n) is 3.50. The molecular formula is C15H18N4. The fourth-order valence-corrected chi connectivity index (χ4v) is 2.52. The highest BCUT2D eigenvalue weighted by Crippen LogP contribution is 2.21. The Morgan fingerprint density at radius 3 is 3.00 bits per heavy atom. The first-order valence-corrected chi connectivity index (χ1v) is 6.56. The Balaban J connectivity index is 1.92. The molecule has 1 aromatic carbocycles. The van der Waals surface area contributed by atoms with Crippen LogP contribution in [0.1, 0.15) is 22.5 Å². The zero-order valence-electron chi connectivity index (χ0n) is 11.0. The van der Waals surface area contributed by atoms with E-state index in [4.69, 9.17) is 5.73 Å². The molecule has 98 valence electrons. The number of hydrogen-bond acceptors (Lipinski definition) is 2. The Morgan fingerprint density at radius 1 is 1.32 bits per heavy atom. The normalized spacial score (nSPS) is 11.3. The predicted molar refractivity (Wildman–Crippen MR) is 77.2 cm³/mol. The van der Waals surface area contributed by atoms with Gasteiger partial charge in [-0.05, 0) is 36.0 Å². The van der Waals surface area contributed by atoms with Crippen molar-refractivity contribution in [1.29, 1.82) is 0 Å².